The summed E-state index contributed by atoms with van der Waals surface area (Å²) in [7, 11) is 0. The monoisotopic (exact) mass is 360 g/mol. The highest BCUT2D eigenvalue weighted by Gasteiger charge is 2.12. The van der Waals surface area contributed by atoms with E-state index in [9.17, 15) is 9.59 Å². The molecule has 25 heavy (non-hydrogen) atoms. The van der Waals surface area contributed by atoms with Crippen LogP contribution in [0.15, 0.2) is 36.4 Å². The summed E-state index contributed by atoms with van der Waals surface area (Å²) in [6.45, 7) is 4.97. The number of carbonyl (C=O) groups is 2. The summed E-state index contributed by atoms with van der Waals surface area (Å²) in [5.41, 5.74) is 0.739. The van der Waals surface area contributed by atoms with Gasteiger partial charge in [-0.3, -0.25) is 4.79 Å². The quantitative estimate of drug-likeness (QED) is 0.525. The maximum absolute atomic E-state index is 12.2. The van der Waals surface area contributed by atoms with Crippen LogP contribution < -0.4 is 9.47 Å². The number of carboxylic acid groups (broad SMARTS) is 1. The molecule has 132 valence electrons. The van der Waals surface area contributed by atoms with Gasteiger partial charge < -0.3 is 14.6 Å². The van der Waals surface area contributed by atoms with E-state index in [0.29, 0.717) is 29.6 Å². The predicted octanol–water partition coefficient (Wildman–Crippen LogP) is 4.53. The summed E-state index contributed by atoms with van der Waals surface area (Å²) in [5, 5.41) is 8.94. The molecule has 6 heteroatoms. The number of hydrogen-bond acceptors (Lipinski definition) is 5. The second kappa shape index (κ2) is 9.03. The van der Waals surface area contributed by atoms with Crippen LogP contribution in [0.5, 0.6) is 11.5 Å². The topological polar surface area (TPSA) is 72.8 Å². The van der Waals surface area contributed by atoms with Gasteiger partial charge in [0.2, 0.25) is 0 Å². The minimum Gasteiger partial charge on any atom is -0.490 e. The fourth-order valence-corrected chi connectivity index (χ4v) is 2.89. The van der Waals surface area contributed by atoms with E-state index in [-0.39, 0.29) is 10.7 Å². The molecular weight excluding hydrogens is 340 g/mol. The van der Waals surface area contributed by atoms with Crippen molar-refractivity contribution in [1.82, 2.24) is 0 Å². The molecule has 2 rings (SSSR count). The average molecular weight is 360 g/mol. The van der Waals surface area contributed by atoms with E-state index in [1.807, 2.05) is 32.0 Å². The number of ether oxygens (including phenoxy) is 2. The van der Waals surface area contributed by atoms with Crippen molar-refractivity contribution in [2.24, 2.45) is 0 Å². The Hall–Kier alpha value is -2.60. The number of rotatable bonds is 9. The Kier molecular flexibility index (Phi) is 6.77. The highest BCUT2D eigenvalue weighted by molar-refractivity contribution is 7.16. The molecule has 0 amide bonds. The molecule has 0 atom stereocenters. The van der Waals surface area contributed by atoms with Gasteiger partial charge in [-0.2, -0.15) is 0 Å². The normalized spacial score (nSPS) is 10.8. The van der Waals surface area contributed by atoms with Crippen molar-refractivity contribution in [3.05, 3.63) is 51.7 Å². The van der Waals surface area contributed by atoms with Crippen LogP contribution in [0, 0.1) is 0 Å². The van der Waals surface area contributed by atoms with Gasteiger partial charge in [0.05, 0.1) is 18.1 Å². The lowest BCUT2D eigenvalue weighted by molar-refractivity contribution is 0.0702. The third-order valence-electron chi connectivity index (χ3n) is 3.23. The number of hydrogen-bond donors (Lipinski definition) is 1. The first-order valence-corrected chi connectivity index (χ1v) is 8.82. The summed E-state index contributed by atoms with van der Waals surface area (Å²) in [5.74, 6) is -0.0454. The Morgan fingerprint density at radius 3 is 2.52 bits per heavy atom. The van der Waals surface area contributed by atoms with E-state index in [2.05, 4.69) is 0 Å². The minimum atomic E-state index is -1.03. The van der Waals surface area contributed by atoms with Crippen LogP contribution >= 0.6 is 11.3 Å². The smallest absolute Gasteiger partial charge is 0.345 e. The molecular formula is C19H20O5S. The van der Waals surface area contributed by atoms with Gasteiger partial charge in [-0.05, 0) is 43.7 Å². The number of thiophene rings is 1. The van der Waals surface area contributed by atoms with Crippen molar-refractivity contribution < 1.29 is 24.2 Å². The summed E-state index contributed by atoms with van der Waals surface area (Å²) in [4.78, 5) is 23.7. The van der Waals surface area contributed by atoms with E-state index in [1.165, 1.54) is 18.2 Å². The lowest BCUT2D eigenvalue weighted by Gasteiger charge is -2.13. The van der Waals surface area contributed by atoms with Gasteiger partial charge in [0.25, 0.3) is 0 Å². The fourth-order valence-electron chi connectivity index (χ4n) is 2.12. The molecule has 0 bridgehead atoms. The molecule has 0 aliphatic heterocycles. The molecule has 0 unspecified atom stereocenters. The molecule has 0 spiro atoms. The number of ketones is 1. The molecule has 0 radical (unpaired) electrons. The zero-order chi connectivity index (χ0) is 18.2. The fraction of sp³-hybridized carbons (Fsp3) is 0.263. The van der Waals surface area contributed by atoms with Crippen LogP contribution in [0.25, 0.3) is 6.08 Å². The molecule has 0 saturated carbocycles. The minimum absolute atomic E-state index is 0.141. The SMILES string of the molecule is CCCOc1c(/C=C/C(=O)c2ccc(C(=O)O)s2)cccc1OCC. The van der Waals surface area contributed by atoms with Crippen molar-refractivity contribution in [3.63, 3.8) is 0 Å². The standard InChI is InChI=1S/C19H20O5S/c1-3-12-24-18-13(6-5-7-15(18)23-4-2)8-9-14(20)16-10-11-17(25-16)19(21)22/h5-11H,3-4,12H2,1-2H3,(H,21,22)/b9-8+. The van der Waals surface area contributed by atoms with E-state index < -0.39 is 5.97 Å². The molecule has 1 aromatic heterocycles. The largest absolute Gasteiger partial charge is 0.490 e. The highest BCUT2D eigenvalue weighted by Crippen LogP contribution is 2.32. The third kappa shape index (κ3) is 4.93. The van der Waals surface area contributed by atoms with Crippen molar-refractivity contribution in [2.75, 3.05) is 13.2 Å². The lowest BCUT2D eigenvalue weighted by atomic mass is 10.1. The molecule has 1 heterocycles. The Morgan fingerprint density at radius 1 is 1.12 bits per heavy atom. The number of para-hydroxylation sites is 1. The van der Waals surface area contributed by atoms with Gasteiger partial charge >= 0.3 is 5.97 Å². The summed E-state index contributed by atoms with van der Waals surface area (Å²) in [6, 6.07) is 8.45. The number of carbonyl (C=O) groups excluding carboxylic acids is 1. The van der Waals surface area contributed by atoms with E-state index >= 15 is 0 Å². The maximum atomic E-state index is 12.2. The van der Waals surface area contributed by atoms with Crippen molar-refractivity contribution >= 4 is 29.2 Å². The van der Waals surface area contributed by atoms with E-state index in [0.717, 1.165) is 23.3 Å². The second-order valence-corrected chi connectivity index (χ2v) is 6.21. The average Bonchev–Trinajstić information content (AvgIpc) is 3.09. The molecule has 0 fully saturated rings. The molecule has 2 aromatic rings. The first-order chi connectivity index (χ1) is 12.1. The van der Waals surface area contributed by atoms with E-state index in [1.54, 1.807) is 6.08 Å². The number of benzene rings is 1. The third-order valence-corrected chi connectivity index (χ3v) is 4.32. The van der Waals surface area contributed by atoms with Crippen molar-refractivity contribution in [1.29, 1.82) is 0 Å². The summed E-state index contributed by atoms with van der Waals surface area (Å²) in [6.07, 6.45) is 3.94. The maximum Gasteiger partial charge on any atom is 0.345 e. The Morgan fingerprint density at radius 2 is 1.88 bits per heavy atom. The molecule has 1 N–H and O–H groups in total. The van der Waals surface area contributed by atoms with Gasteiger partial charge in [0, 0.05) is 5.56 Å². The highest BCUT2D eigenvalue weighted by atomic mass is 32.1. The Balaban J connectivity index is 2.24. The molecule has 1 aromatic carbocycles. The lowest BCUT2D eigenvalue weighted by Crippen LogP contribution is -2.01. The second-order valence-electron chi connectivity index (χ2n) is 5.12. The van der Waals surface area contributed by atoms with Crippen LogP contribution in [0.2, 0.25) is 0 Å². The van der Waals surface area contributed by atoms with Gasteiger partial charge in [0.15, 0.2) is 17.3 Å². The zero-order valence-electron chi connectivity index (χ0n) is 14.2. The molecule has 0 saturated heterocycles. The summed E-state index contributed by atoms with van der Waals surface area (Å²) >= 11 is 0.957. The Bertz CT molecular complexity index is 776. The number of aromatic carboxylic acids is 1. The van der Waals surface area contributed by atoms with Gasteiger partial charge in [0.1, 0.15) is 4.88 Å². The number of allylic oxidation sites excluding steroid dienone is 1. The van der Waals surface area contributed by atoms with Gasteiger partial charge in [-0.25, -0.2) is 4.79 Å². The van der Waals surface area contributed by atoms with Crippen molar-refractivity contribution in [3.8, 4) is 11.5 Å². The molecule has 0 aliphatic carbocycles. The van der Waals surface area contributed by atoms with Gasteiger partial charge in [-0.1, -0.05) is 19.1 Å². The van der Waals surface area contributed by atoms with Crippen LogP contribution in [0.3, 0.4) is 0 Å². The molecule has 0 aliphatic rings. The zero-order valence-corrected chi connectivity index (χ0v) is 15.0. The van der Waals surface area contributed by atoms with Crippen molar-refractivity contribution in [2.45, 2.75) is 20.3 Å². The van der Waals surface area contributed by atoms with Crippen LogP contribution in [-0.4, -0.2) is 30.1 Å². The van der Waals surface area contributed by atoms with Crippen LogP contribution in [-0.2, 0) is 0 Å². The first-order valence-electron chi connectivity index (χ1n) is 8.01. The molecule has 5 nitrogen and oxygen atoms in total. The number of carboxylic acids is 1. The summed E-state index contributed by atoms with van der Waals surface area (Å²) < 4.78 is 11.4. The predicted molar refractivity (Wildman–Crippen MR) is 98.0 cm³/mol. The van der Waals surface area contributed by atoms with Crippen LogP contribution in [0.1, 0.15) is 45.2 Å². The van der Waals surface area contributed by atoms with E-state index in [4.69, 9.17) is 14.6 Å². The van der Waals surface area contributed by atoms with Crippen LogP contribution in [0.4, 0.5) is 0 Å². The first kappa shape index (κ1) is 18.7. The van der Waals surface area contributed by atoms with Gasteiger partial charge in [-0.15, -0.1) is 11.3 Å². The Labute approximate surface area is 150 Å².